The predicted octanol–water partition coefficient (Wildman–Crippen LogP) is 2.79. The van der Waals surface area contributed by atoms with Crippen molar-refractivity contribution in [2.45, 2.75) is 6.92 Å². The molecule has 0 atom stereocenters. The van der Waals surface area contributed by atoms with Crippen molar-refractivity contribution in [2.24, 2.45) is 0 Å². The Labute approximate surface area is 101 Å². The number of carbonyl (C=O) groups excluding carboxylic acids is 1. The third-order valence-electron chi connectivity index (χ3n) is 2.01. The Morgan fingerprint density at radius 2 is 2.06 bits per heavy atom. The summed E-state index contributed by atoms with van der Waals surface area (Å²) in [6, 6.07) is 9.60. The van der Waals surface area contributed by atoms with Gasteiger partial charge in [-0.25, -0.2) is 4.79 Å². The molecule has 0 N–H and O–H groups in total. The summed E-state index contributed by atoms with van der Waals surface area (Å²) in [5, 5.41) is 0. The van der Waals surface area contributed by atoms with Crippen LogP contribution in [0.3, 0.4) is 0 Å². The molecule has 0 bridgehead atoms. The summed E-state index contributed by atoms with van der Waals surface area (Å²) < 4.78 is 9.87. The molecule has 0 aromatic heterocycles. The van der Waals surface area contributed by atoms with Crippen LogP contribution >= 0.6 is 0 Å². The van der Waals surface area contributed by atoms with Crippen molar-refractivity contribution < 1.29 is 14.3 Å². The fraction of sp³-hybridized carbons (Fsp3) is 0.214. The van der Waals surface area contributed by atoms with E-state index < -0.39 is 0 Å². The van der Waals surface area contributed by atoms with E-state index in [9.17, 15) is 4.79 Å². The molecule has 90 valence electrons. The van der Waals surface area contributed by atoms with E-state index in [2.05, 4.69) is 6.58 Å². The maximum atomic E-state index is 11.5. The maximum Gasteiger partial charge on any atom is 0.335 e. The molecule has 1 rings (SSSR count). The second-order valence-electron chi connectivity index (χ2n) is 3.45. The molecule has 1 aromatic rings. The summed E-state index contributed by atoms with van der Waals surface area (Å²) in [6.07, 6.45) is 3.37. The van der Waals surface area contributed by atoms with Crippen LogP contribution in [-0.4, -0.2) is 19.4 Å². The largest absolute Gasteiger partial charge is 0.435 e. The minimum atomic E-state index is -0.377. The van der Waals surface area contributed by atoms with Crippen molar-refractivity contribution in [3.05, 3.63) is 54.1 Å². The molecule has 1 aromatic carbocycles. The molecule has 0 amide bonds. The smallest absolute Gasteiger partial charge is 0.335 e. The molecule has 0 saturated heterocycles. The summed E-state index contributed by atoms with van der Waals surface area (Å²) in [5.74, 6) is -0.377. The molecular formula is C14H16O3. The van der Waals surface area contributed by atoms with Gasteiger partial charge in [0.15, 0.2) is 6.79 Å². The molecule has 0 fully saturated rings. The Balaban J connectivity index is 2.46. The third-order valence-corrected chi connectivity index (χ3v) is 2.01. The molecule has 3 nitrogen and oxygen atoms in total. The Bertz CT molecular complexity index is 393. The third kappa shape index (κ3) is 5.13. The van der Waals surface area contributed by atoms with Crippen molar-refractivity contribution in [3.8, 4) is 0 Å². The van der Waals surface area contributed by atoms with Crippen LogP contribution in [0.4, 0.5) is 0 Å². The van der Waals surface area contributed by atoms with Crippen LogP contribution in [0.15, 0.2) is 48.6 Å². The first-order valence-electron chi connectivity index (χ1n) is 5.33. The lowest BCUT2D eigenvalue weighted by molar-refractivity contribution is -0.150. The van der Waals surface area contributed by atoms with Crippen molar-refractivity contribution >= 4 is 12.0 Å². The van der Waals surface area contributed by atoms with Crippen LogP contribution in [-0.2, 0) is 14.3 Å². The van der Waals surface area contributed by atoms with Crippen LogP contribution in [0.2, 0.25) is 0 Å². The zero-order valence-electron chi connectivity index (χ0n) is 9.89. The molecule has 0 radical (unpaired) electrons. The van der Waals surface area contributed by atoms with Gasteiger partial charge in [-0.15, -0.1) is 6.58 Å². The van der Waals surface area contributed by atoms with E-state index in [0.717, 1.165) is 5.56 Å². The van der Waals surface area contributed by atoms with Gasteiger partial charge in [0.25, 0.3) is 0 Å². The lowest BCUT2D eigenvalue weighted by Crippen LogP contribution is -2.09. The first-order valence-corrected chi connectivity index (χ1v) is 5.33. The van der Waals surface area contributed by atoms with Gasteiger partial charge >= 0.3 is 5.97 Å². The highest BCUT2D eigenvalue weighted by molar-refractivity contribution is 5.92. The molecule has 0 aliphatic carbocycles. The molecule has 0 aliphatic rings. The van der Waals surface area contributed by atoms with Gasteiger partial charge in [-0.3, -0.25) is 0 Å². The van der Waals surface area contributed by atoms with Crippen LogP contribution in [0, 0.1) is 0 Å². The van der Waals surface area contributed by atoms with Gasteiger partial charge in [0.1, 0.15) is 0 Å². The Kier molecular flexibility index (Phi) is 5.75. The zero-order chi connectivity index (χ0) is 12.5. The van der Waals surface area contributed by atoms with Crippen molar-refractivity contribution in [2.75, 3.05) is 13.4 Å². The number of rotatable bonds is 6. The topological polar surface area (TPSA) is 35.5 Å². The molecule has 0 heterocycles. The standard InChI is InChI=1S/C14H16O3/c1-3-9-16-11-17-14(15)12(2)10-13-7-5-4-6-8-13/h3-8,10H,1,9,11H2,2H3. The summed E-state index contributed by atoms with van der Waals surface area (Å²) in [4.78, 5) is 11.5. The van der Waals surface area contributed by atoms with Crippen molar-refractivity contribution in [1.29, 1.82) is 0 Å². The summed E-state index contributed by atoms with van der Waals surface area (Å²) >= 11 is 0. The highest BCUT2D eigenvalue weighted by Crippen LogP contribution is 2.07. The Morgan fingerprint density at radius 1 is 1.35 bits per heavy atom. The van der Waals surface area contributed by atoms with Crippen LogP contribution in [0.25, 0.3) is 6.08 Å². The molecule has 0 unspecified atom stereocenters. The average molecular weight is 232 g/mol. The molecule has 0 spiro atoms. The van der Waals surface area contributed by atoms with Crippen molar-refractivity contribution in [1.82, 2.24) is 0 Å². The molecule has 0 saturated carbocycles. The zero-order valence-corrected chi connectivity index (χ0v) is 9.89. The number of hydrogen-bond donors (Lipinski definition) is 0. The first-order chi connectivity index (χ1) is 8.24. The van der Waals surface area contributed by atoms with Gasteiger partial charge < -0.3 is 9.47 Å². The maximum absolute atomic E-state index is 11.5. The van der Waals surface area contributed by atoms with E-state index in [-0.39, 0.29) is 12.8 Å². The monoisotopic (exact) mass is 232 g/mol. The summed E-state index contributed by atoms with van der Waals surface area (Å²) in [7, 11) is 0. The second kappa shape index (κ2) is 7.41. The first kappa shape index (κ1) is 13.2. The van der Waals surface area contributed by atoms with E-state index in [1.54, 1.807) is 19.1 Å². The van der Waals surface area contributed by atoms with Crippen LogP contribution in [0.1, 0.15) is 12.5 Å². The number of esters is 1. The van der Waals surface area contributed by atoms with Crippen LogP contribution in [0.5, 0.6) is 0 Å². The lowest BCUT2D eigenvalue weighted by Gasteiger charge is -2.04. The molecule has 17 heavy (non-hydrogen) atoms. The van der Waals surface area contributed by atoms with Gasteiger partial charge in [0.05, 0.1) is 6.61 Å². The van der Waals surface area contributed by atoms with Gasteiger partial charge in [-0.1, -0.05) is 36.4 Å². The van der Waals surface area contributed by atoms with Crippen molar-refractivity contribution in [3.63, 3.8) is 0 Å². The highest BCUT2D eigenvalue weighted by atomic mass is 16.7. The fourth-order valence-electron chi connectivity index (χ4n) is 1.20. The number of hydrogen-bond acceptors (Lipinski definition) is 3. The van der Waals surface area contributed by atoms with E-state index in [4.69, 9.17) is 9.47 Å². The van der Waals surface area contributed by atoms with Gasteiger partial charge in [0.2, 0.25) is 0 Å². The molecular weight excluding hydrogens is 216 g/mol. The fourth-order valence-corrected chi connectivity index (χ4v) is 1.20. The minimum Gasteiger partial charge on any atom is -0.435 e. The van der Waals surface area contributed by atoms with E-state index in [0.29, 0.717) is 12.2 Å². The summed E-state index contributed by atoms with van der Waals surface area (Å²) in [5.41, 5.74) is 1.51. The van der Waals surface area contributed by atoms with E-state index in [1.807, 2.05) is 30.3 Å². The predicted molar refractivity (Wildman–Crippen MR) is 67.2 cm³/mol. The number of benzene rings is 1. The minimum absolute atomic E-state index is 0.0508. The SMILES string of the molecule is C=CCOCOC(=O)C(C)=Cc1ccccc1. The average Bonchev–Trinajstić information content (AvgIpc) is 2.35. The second-order valence-corrected chi connectivity index (χ2v) is 3.45. The summed E-state index contributed by atoms with van der Waals surface area (Å²) in [6.45, 7) is 5.52. The lowest BCUT2D eigenvalue weighted by atomic mass is 10.1. The van der Waals surface area contributed by atoms with Gasteiger partial charge in [0, 0.05) is 5.57 Å². The normalized spacial score (nSPS) is 11.0. The number of ether oxygens (including phenoxy) is 2. The quantitative estimate of drug-likeness (QED) is 0.249. The molecule has 3 heteroatoms. The van der Waals surface area contributed by atoms with Crippen LogP contribution < -0.4 is 0 Å². The Hall–Kier alpha value is -1.87. The van der Waals surface area contributed by atoms with Gasteiger partial charge in [-0.05, 0) is 18.6 Å². The van der Waals surface area contributed by atoms with Gasteiger partial charge in [-0.2, -0.15) is 0 Å². The highest BCUT2D eigenvalue weighted by Gasteiger charge is 2.05. The van der Waals surface area contributed by atoms with E-state index >= 15 is 0 Å². The van der Waals surface area contributed by atoms with E-state index in [1.165, 1.54) is 0 Å². The molecule has 0 aliphatic heterocycles. The number of carbonyl (C=O) groups is 1. The Morgan fingerprint density at radius 3 is 2.71 bits per heavy atom.